The summed E-state index contributed by atoms with van der Waals surface area (Å²) in [5.74, 6) is -0.431. The van der Waals surface area contributed by atoms with Crippen molar-refractivity contribution in [1.29, 1.82) is 0 Å². The fraction of sp³-hybridized carbons (Fsp3) is 0.722. The van der Waals surface area contributed by atoms with Gasteiger partial charge in [-0.25, -0.2) is 14.4 Å². The molecular formula is C18H28Cl2N2O6. The average molecular weight is 439 g/mol. The second-order valence-electron chi connectivity index (χ2n) is 7.11. The number of hydrogen-bond acceptors (Lipinski definition) is 6. The molecule has 0 aliphatic heterocycles. The number of nitrogens with one attached hydrogen (secondary N) is 2. The van der Waals surface area contributed by atoms with Gasteiger partial charge in [-0.1, -0.05) is 43.6 Å². The normalized spacial score (nSPS) is 23.2. The van der Waals surface area contributed by atoms with Crippen LogP contribution in [-0.4, -0.2) is 42.6 Å². The predicted molar refractivity (Wildman–Crippen MR) is 105 cm³/mol. The highest BCUT2D eigenvalue weighted by molar-refractivity contribution is 6.17. The van der Waals surface area contributed by atoms with E-state index in [1.807, 2.05) is 13.8 Å². The highest BCUT2D eigenvalue weighted by Crippen LogP contribution is 2.49. The van der Waals surface area contributed by atoms with Crippen LogP contribution in [0, 0.1) is 11.3 Å². The zero-order chi connectivity index (χ0) is 21.4. The van der Waals surface area contributed by atoms with Crippen molar-refractivity contribution < 1.29 is 28.6 Å². The fourth-order valence-electron chi connectivity index (χ4n) is 3.60. The van der Waals surface area contributed by atoms with Crippen molar-refractivity contribution in [2.75, 3.05) is 18.7 Å². The maximum atomic E-state index is 12.2. The molecule has 0 aromatic carbocycles. The lowest BCUT2D eigenvalue weighted by Crippen LogP contribution is -2.72. The van der Waals surface area contributed by atoms with Gasteiger partial charge in [0.05, 0.1) is 6.61 Å². The average Bonchev–Trinajstić information content (AvgIpc) is 2.60. The molecule has 0 saturated heterocycles. The van der Waals surface area contributed by atoms with E-state index < -0.39 is 29.2 Å². The summed E-state index contributed by atoms with van der Waals surface area (Å²) in [6.45, 7) is 9.13. The van der Waals surface area contributed by atoms with Gasteiger partial charge in [-0.05, 0) is 38.5 Å². The molecule has 0 heterocycles. The predicted octanol–water partition coefficient (Wildman–Crippen LogP) is 3.86. The summed E-state index contributed by atoms with van der Waals surface area (Å²) in [4.78, 5) is 36.1. The molecule has 2 unspecified atom stereocenters. The van der Waals surface area contributed by atoms with Crippen LogP contribution in [0.15, 0.2) is 12.2 Å². The monoisotopic (exact) mass is 438 g/mol. The van der Waals surface area contributed by atoms with Crippen LogP contribution in [0.2, 0.25) is 0 Å². The Balaban J connectivity index is 3.16. The van der Waals surface area contributed by atoms with Gasteiger partial charge >= 0.3 is 18.2 Å². The van der Waals surface area contributed by atoms with E-state index in [1.54, 1.807) is 6.92 Å². The van der Waals surface area contributed by atoms with Gasteiger partial charge < -0.3 is 14.2 Å². The Morgan fingerprint density at radius 2 is 1.64 bits per heavy atom. The Bertz CT molecular complexity index is 581. The van der Waals surface area contributed by atoms with E-state index in [9.17, 15) is 14.4 Å². The molecule has 0 radical (unpaired) electrons. The highest BCUT2D eigenvalue weighted by Gasteiger charge is 2.55. The van der Waals surface area contributed by atoms with Crippen LogP contribution in [-0.2, 0) is 19.0 Å². The zero-order valence-corrected chi connectivity index (χ0v) is 18.0. The lowest BCUT2D eigenvalue weighted by molar-refractivity contribution is -0.141. The van der Waals surface area contributed by atoms with Crippen LogP contribution in [0.3, 0.4) is 0 Å². The van der Waals surface area contributed by atoms with Crippen molar-refractivity contribution >= 4 is 41.4 Å². The number of ether oxygens (including phenoxy) is 3. The third-order valence-corrected chi connectivity index (χ3v) is 5.67. The number of alkyl halides is 2. The number of halogens is 2. The quantitative estimate of drug-likeness (QED) is 0.196. The van der Waals surface area contributed by atoms with Crippen LogP contribution in [0.5, 0.6) is 0 Å². The maximum absolute atomic E-state index is 12.2. The first-order valence-corrected chi connectivity index (χ1v) is 10.0. The summed E-state index contributed by atoms with van der Waals surface area (Å²) in [7, 11) is 0. The van der Waals surface area contributed by atoms with E-state index in [2.05, 4.69) is 17.2 Å². The fourth-order valence-corrected chi connectivity index (χ4v) is 3.80. The second-order valence-corrected chi connectivity index (χ2v) is 7.55. The zero-order valence-electron chi connectivity index (χ0n) is 16.4. The Morgan fingerprint density at radius 3 is 2.11 bits per heavy atom. The van der Waals surface area contributed by atoms with Crippen molar-refractivity contribution in [2.24, 2.45) is 11.3 Å². The van der Waals surface area contributed by atoms with Crippen molar-refractivity contribution in [3.05, 3.63) is 12.2 Å². The van der Waals surface area contributed by atoms with Gasteiger partial charge in [0, 0.05) is 11.0 Å². The topological polar surface area (TPSA) is 103 Å². The van der Waals surface area contributed by atoms with E-state index in [-0.39, 0.29) is 24.7 Å². The molecule has 28 heavy (non-hydrogen) atoms. The Hall–Kier alpha value is -1.67. The highest BCUT2D eigenvalue weighted by atomic mass is 35.5. The Morgan fingerprint density at radius 1 is 1.11 bits per heavy atom. The van der Waals surface area contributed by atoms with E-state index in [0.29, 0.717) is 18.4 Å². The van der Waals surface area contributed by atoms with Gasteiger partial charge in [0.1, 0.15) is 5.66 Å². The van der Waals surface area contributed by atoms with Gasteiger partial charge in [0.25, 0.3) is 0 Å². The molecule has 0 aromatic heterocycles. The molecule has 2 atom stereocenters. The van der Waals surface area contributed by atoms with Gasteiger partial charge in [0.2, 0.25) is 0 Å². The molecule has 1 aliphatic carbocycles. The van der Waals surface area contributed by atoms with Crippen LogP contribution >= 0.6 is 23.2 Å². The first kappa shape index (κ1) is 24.4. The summed E-state index contributed by atoms with van der Waals surface area (Å²) in [6, 6.07) is -0.674. The third-order valence-electron chi connectivity index (χ3n) is 5.46. The number of hydrogen-bond donors (Lipinski definition) is 2. The second kappa shape index (κ2) is 10.8. The van der Waals surface area contributed by atoms with Gasteiger partial charge in [0.15, 0.2) is 12.1 Å². The van der Waals surface area contributed by atoms with Gasteiger partial charge in [-0.3, -0.25) is 10.6 Å². The van der Waals surface area contributed by atoms with Crippen molar-refractivity contribution in [3.63, 3.8) is 0 Å². The number of carbonyl (C=O) groups excluding carboxylic acids is 3. The maximum Gasteiger partial charge on any atom is 0.410 e. The molecular weight excluding hydrogens is 411 g/mol. The summed E-state index contributed by atoms with van der Waals surface area (Å²) in [5, 5.41) is 5.49. The lowest BCUT2D eigenvalue weighted by atomic mass is 9.59. The van der Waals surface area contributed by atoms with Gasteiger partial charge in [-0.2, -0.15) is 0 Å². The molecule has 10 heteroatoms. The van der Waals surface area contributed by atoms with Crippen LogP contribution in [0.25, 0.3) is 0 Å². The smallest absolute Gasteiger partial charge is 0.410 e. The van der Waals surface area contributed by atoms with Crippen molar-refractivity contribution in [2.45, 2.75) is 52.1 Å². The number of amides is 2. The van der Waals surface area contributed by atoms with Crippen molar-refractivity contribution in [1.82, 2.24) is 10.6 Å². The SMILES string of the molecule is C=C(C)C(=O)OCCC1(C)C(C)CCCC1(NC(=O)OCCl)NC(=O)OCCl. The number of alkyl carbamates (subject to hydrolysis) is 2. The van der Waals surface area contributed by atoms with Crippen molar-refractivity contribution in [3.8, 4) is 0 Å². The third kappa shape index (κ3) is 5.91. The molecule has 8 nitrogen and oxygen atoms in total. The molecule has 1 aliphatic rings. The molecule has 2 N–H and O–H groups in total. The number of carbonyl (C=O) groups is 3. The minimum Gasteiger partial charge on any atom is -0.462 e. The molecule has 160 valence electrons. The molecule has 1 saturated carbocycles. The van der Waals surface area contributed by atoms with Crippen LogP contribution < -0.4 is 10.6 Å². The first-order valence-electron chi connectivity index (χ1n) is 8.96. The molecule has 0 aromatic rings. The van der Waals surface area contributed by atoms with E-state index in [4.69, 9.17) is 37.4 Å². The summed E-state index contributed by atoms with van der Waals surface area (Å²) < 4.78 is 14.9. The lowest BCUT2D eigenvalue weighted by Gasteiger charge is -2.55. The summed E-state index contributed by atoms with van der Waals surface area (Å²) in [6.07, 6.45) is 0.850. The van der Waals surface area contributed by atoms with E-state index >= 15 is 0 Å². The first-order chi connectivity index (χ1) is 13.1. The van der Waals surface area contributed by atoms with Gasteiger partial charge in [-0.15, -0.1) is 0 Å². The molecule has 0 spiro atoms. The molecule has 1 fully saturated rings. The minimum atomic E-state index is -1.20. The molecule has 2 amide bonds. The largest absolute Gasteiger partial charge is 0.462 e. The van der Waals surface area contributed by atoms with Crippen LogP contribution in [0.1, 0.15) is 46.5 Å². The van der Waals surface area contributed by atoms with E-state index in [1.165, 1.54) is 0 Å². The summed E-state index contributed by atoms with van der Waals surface area (Å²) >= 11 is 11.0. The minimum absolute atomic E-state index is 0.0670. The summed E-state index contributed by atoms with van der Waals surface area (Å²) in [5.41, 5.74) is -1.59. The van der Waals surface area contributed by atoms with Crippen LogP contribution in [0.4, 0.5) is 9.59 Å². The Kier molecular flexibility index (Phi) is 9.36. The standard InChI is InChI=1S/C18H28Cl2N2O6/c1-12(2)14(23)26-9-8-17(4)13(3)6-5-7-18(17,21-15(24)27-10-19)22-16(25)28-11-20/h13H,1,5-11H2,2-4H3,(H,21,24)(H,22,25). The number of esters is 1. The Labute approximate surface area is 175 Å². The molecule has 1 rings (SSSR count). The van der Waals surface area contributed by atoms with E-state index in [0.717, 1.165) is 12.8 Å². The number of rotatable bonds is 8. The molecule has 0 bridgehead atoms.